The average molecular weight is 707 g/mol. The Hall–Kier alpha value is -6.14. The Kier molecular flexibility index (Phi) is 7.10. The molecule has 4 atom stereocenters. The van der Waals surface area contributed by atoms with Crippen LogP contribution < -0.4 is 18.9 Å². The number of ether oxygens (including phenoxy) is 4. The van der Waals surface area contributed by atoms with Crippen LogP contribution in [-0.4, -0.2) is 53.6 Å². The van der Waals surface area contributed by atoms with Gasteiger partial charge in [0.15, 0.2) is 0 Å². The number of hydrogen-bond donors (Lipinski definition) is 6. The van der Waals surface area contributed by atoms with E-state index in [9.17, 15) is 40.2 Å². The monoisotopic (exact) mass is 706 g/mol. The van der Waals surface area contributed by atoms with Crippen molar-refractivity contribution in [3.63, 3.8) is 0 Å². The number of allylic oxidation sites excluding steroid dienone is 2. The summed E-state index contributed by atoms with van der Waals surface area (Å²) in [6, 6.07) is 13.3. The van der Waals surface area contributed by atoms with Crippen LogP contribution in [0, 0.1) is 0 Å². The first-order valence-corrected chi connectivity index (χ1v) is 16.6. The van der Waals surface area contributed by atoms with Gasteiger partial charge in [0.25, 0.3) is 5.79 Å². The number of benzene rings is 4. The largest absolute Gasteiger partial charge is 0.508 e. The molecule has 2 bridgehead atoms. The molecule has 1 aliphatic carbocycles. The van der Waals surface area contributed by atoms with E-state index in [4.69, 9.17) is 18.9 Å². The number of Topliss-reactive ketones (excluding diaryl/α,β-unsaturated/α-hetero) is 1. The quantitative estimate of drug-likeness (QED) is 0.0756. The summed E-state index contributed by atoms with van der Waals surface area (Å²) in [6.07, 6.45) is 4.13. The lowest BCUT2D eigenvalue weighted by molar-refractivity contribution is -0.221. The lowest BCUT2D eigenvalue weighted by Crippen LogP contribution is -2.62. The molecule has 6 N–H and O–H groups in total. The molecule has 3 aliphatic heterocycles. The summed E-state index contributed by atoms with van der Waals surface area (Å²) in [5.41, 5.74) is -1.59. The van der Waals surface area contributed by atoms with Crippen molar-refractivity contribution in [1.29, 1.82) is 0 Å². The fourth-order valence-electron chi connectivity index (χ4n) is 7.81. The number of phenols is 5. The first kappa shape index (κ1) is 33.0. The molecule has 12 nitrogen and oxygen atoms in total. The maximum Gasteiger partial charge on any atom is 0.347 e. The van der Waals surface area contributed by atoms with Crippen molar-refractivity contribution < 1.29 is 59.2 Å². The molecule has 12 heteroatoms. The van der Waals surface area contributed by atoms with Gasteiger partial charge in [-0.2, -0.15) is 0 Å². The topological polar surface area (TPSA) is 192 Å². The third-order valence-electron chi connectivity index (χ3n) is 10.1. The van der Waals surface area contributed by atoms with E-state index >= 15 is 0 Å². The number of fused-ring (bicyclic) bond motifs is 8. The maximum absolute atomic E-state index is 14.9. The molecule has 4 unspecified atom stereocenters. The molecule has 0 amide bonds. The van der Waals surface area contributed by atoms with Crippen molar-refractivity contribution in [1.82, 2.24) is 0 Å². The number of carbonyl (C=O) groups is 2. The van der Waals surface area contributed by atoms with Crippen molar-refractivity contribution >= 4 is 17.3 Å². The first-order valence-electron chi connectivity index (χ1n) is 16.6. The number of esters is 1. The Bertz CT molecular complexity index is 2300. The first-order chi connectivity index (χ1) is 24.6. The van der Waals surface area contributed by atoms with Crippen LogP contribution in [0.2, 0.25) is 0 Å². The zero-order chi connectivity index (χ0) is 36.9. The second kappa shape index (κ2) is 11.2. The molecule has 4 aromatic carbocycles. The van der Waals surface area contributed by atoms with Gasteiger partial charge >= 0.3 is 5.97 Å². The van der Waals surface area contributed by atoms with Crippen molar-refractivity contribution in [2.45, 2.75) is 62.9 Å². The lowest BCUT2D eigenvalue weighted by atomic mass is 9.72. The van der Waals surface area contributed by atoms with E-state index < -0.39 is 40.2 Å². The number of carbonyl (C=O) groups excluding carboxylic acids is 2. The summed E-state index contributed by atoms with van der Waals surface area (Å²) >= 11 is 0. The normalized spacial score (nSPS) is 24.8. The number of aromatic hydroxyl groups is 5. The summed E-state index contributed by atoms with van der Waals surface area (Å²) in [5, 5.41) is 65.3. The van der Waals surface area contributed by atoms with Crippen LogP contribution in [0.3, 0.4) is 0 Å². The predicted molar refractivity (Wildman–Crippen MR) is 184 cm³/mol. The number of rotatable bonds is 5. The van der Waals surface area contributed by atoms with Crippen molar-refractivity contribution in [3.8, 4) is 51.7 Å². The van der Waals surface area contributed by atoms with Gasteiger partial charge in [-0.1, -0.05) is 17.7 Å². The van der Waals surface area contributed by atoms with Gasteiger partial charge in [-0.25, -0.2) is 4.79 Å². The van der Waals surface area contributed by atoms with E-state index in [2.05, 4.69) is 0 Å². The minimum atomic E-state index is -2.45. The summed E-state index contributed by atoms with van der Waals surface area (Å²) in [7, 11) is 0. The van der Waals surface area contributed by atoms with Crippen LogP contribution in [-0.2, 0) is 5.79 Å². The highest BCUT2D eigenvalue weighted by molar-refractivity contribution is 6.11. The summed E-state index contributed by atoms with van der Waals surface area (Å²) in [6.45, 7) is 5.45. The lowest BCUT2D eigenvalue weighted by Gasteiger charge is -2.44. The van der Waals surface area contributed by atoms with Gasteiger partial charge in [0.05, 0.1) is 11.1 Å². The molecule has 8 rings (SSSR count). The predicted octanol–water partition coefficient (Wildman–Crippen LogP) is 6.45. The molecule has 52 heavy (non-hydrogen) atoms. The zero-order valence-electron chi connectivity index (χ0n) is 28.3. The maximum atomic E-state index is 14.9. The molecule has 3 heterocycles. The second-order valence-electron chi connectivity index (χ2n) is 14.1. The fraction of sp³-hybridized carbons (Fsp3) is 0.250. The average Bonchev–Trinajstić information content (AvgIpc) is 3.30. The van der Waals surface area contributed by atoms with E-state index in [1.54, 1.807) is 24.3 Å². The van der Waals surface area contributed by atoms with Gasteiger partial charge in [-0.3, -0.25) is 4.79 Å². The molecular formula is C40H34O12. The smallest absolute Gasteiger partial charge is 0.347 e. The van der Waals surface area contributed by atoms with Crippen LogP contribution in [0.25, 0.3) is 5.57 Å². The van der Waals surface area contributed by atoms with Crippen LogP contribution in [0.15, 0.2) is 78.4 Å². The van der Waals surface area contributed by atoms with Crippen molar-refractivity contribution in [3.05, 3.63) is 106 Å². The standard InChI is InChI=1S/C40H34O12/c1-19(2)10-11-39-36(46)34-32(52-40(39,48)27-9-6-24(43)15-30(27)51-39)16-31(49-37(47)26-8-5-22(41)13-28(26)44)33(35(34)45)21-12-20-17-38(3,18-21)50-29-14-23(42)4-7-25(20)29/h4-10,13-16,18,20,41-45,48H,11-12,17H2,1-3H3. The Morgan fingerprint density at radius 3 is 2.29 bits per heavy atom. The molecule has 0 fully saturated rings. The van der Waals surface area contributed by atoms with Gasteiger partial charge in [0, 0.05) is 30.7 Å². The summed E-state index contributed by atoms with van der Waals surface area (Å²) < 4.78 is 24.7. The Morgan fingerprint density at radius 2 is 1.56 bits per heavy atom. The van der Waals surface area contributed by atoms with E-state index in [1.807, 2.05) is 20.8 Å². The SMILES string of the molecule is CC(C)=CCC12Oc3cc(O)ccc3C1(O)Oc1cc(OC(=O)c3ccc(O)cc3O)c(C3=CC4(C)CC(C3)c3ccc(O)cc3O4)c(O)c1C2=O. The minimum absolute atomic E-state index is 0.00225. The molecule has 0 radical (unpaired) electrons. The molecule has 0 spiro atoms. The molecule has 0 aromatic heterocycles. The second-order valence-corrected chi connectivity index (χ2v) is 14.1. The van der Waals surface area contributed by atoms with Crippen molar-refractivity contribution in [2.24, 2.45) is 0 Å². The highest BCUT2D eigenvalue weighted by Gasteiger charge is 2.70. The molecule has 4 aliphatic rings. The zero-order valence-corrected chi connectivity index (χ0v) is 28.3. The van der Waals surface area contributed by atoms with Gasteiger partial charge < -0.3 is 49.6 Å². The van der Waals surface area contributed by atoms with Crippen LogP contribution >= 0.6 is 0 Å². The Labute approximate surface area is 297 Å². The number of aliphatic hydroxyl groups is 1. The number of phenolic OH excluding ortho intramolecular Hbond substituents is 5. The van der Waals surface area contributed by atoms with Gasteiger partial charge in [-0.05, 0) is 87.1 Å². The molecular weight excluding hydrogens is 672 g/mol. The summed E-state index contributed by atoms with van der Waals surface area (Å²) in [5.74, 6) is -6.16. The van der Waals surface area contributed by atoms with E-state index in [0.29, 0.717) is 24.2 Å². The van der Waals surface area contributed by atoms with Crippen LogP contribution in [0.4, 0.5) is 0 Å². The highest BCUT2D eigenvalue weighted by atomic mass is 16.7. The molecule has 266 valence electrons. The summed E-state index contributed by atoms with van der Waals surface area (Å²) in [4.78, 5) is 28.5. The molecule has 0 saturated heterocycles. The third kappa shape index (κ3) is 4.85. The minimum Gasteiger partial charge on any atom is -0.508 e. The Morgan fingerprint density at radius 1 is 0.865 bits per heavy atom. The third-order valence-corrected chi connectivity index (χ3v) is 10.1. The van der Waals surface area contributed by atoms with Crippen LogP contribution in [0.1, 0.15) is 83.4 Å². The van der Waals surface area contributed by atoms with Gasteiger partial charge in [-0.15, -0.1) is 0 Å². The van der Waals surface area contributed by atoms with E-state index in [0.717, 1.165) is 17.2 Å². The molecule has 0 saturated carbocycles. The van der Waals surface area contributed by atoms with E-state index in [-0.39, 0.29) is 69.1 Å². The number of hydrogen-bond acceptors (Lipinski definition) is 12. The number of ketones is 1. The van der Waals surface area contributed by atoms with E-state index in [1.165, 1.54) is 42.5 Å². The van der Waals surface area contributed by atoms with Crippen LogP contribution in [0.5, 0.6) is 51.7 Å². The molecule has 4 aromatic rings. The highest BCUT2D eigenvalue weighted by Crippen LogP contribution is 2.60. The fourth-order valence-corrected chi connectivity index (χ4v) is 7.81. The van der Waals surface area contributed by atoms with Crippen molar-refractivity contribution in [2.75, 3.05) is 0 Å². The van der Waals surface area contributed by atoms with Gasteiger partial charge in [0.2, 0.25) is 11.4 Å². The Balaban J connectivity index is 1.33. The van der Waals surface area contributed by atoms with Gasteiger partial charge in [0.1, 0.15) is 68.5 Å².